The molecule has 34 heavy (non-hydrogen) atoms. The second-order valence-electron chi connectivity index (χ2n) is 7.59. The molecule has 9 heteroatoms. The van der Waals surface area contributed by atoms with Gasteiger partial charge in [0.25, 0.3) is 11.8 Å². The second kappa shape index (κ2) is 9.29. The number of esters is 1. The van der Waals surface area contributed by atoms with Crippen molar-refractivity contribution >= 4 is 52.4 Å². The highest BCUT2D eigenvalue weighted by atomic mass is 35.5. The van der Waals surface area contributed by atoms with E-state index in [1.165, 1.54) is 18.2 Å². The average Bonchev–Trinajstić information content (AvgIpc) is 3.01. The number of nitrogens with one attached hydrogen (secondary N) is 1. The SMILES string of the molecule is Cc1ccc(C)c(OC(=O)c2ccc(NC3=C(Cl)C(=O)N(c4ccc(F)c(Cl)c4)C3=O)cc2)c1. The molecular formula is C25H17Cl2FN2O4. The molecule has 0 aliphatic carbocycles. The predicted octanol–water partition coefficient (Wildman–Crippen LogP) is 5.75. The van der Waals surface area contributed by atoms with Crippen LogP contribution in [0.25, 0.3) is 0 Å². The lowest BCUT2D eigenvalue weighted by Crippen LogP contribution is -2.32. The first-order valence-electron chi connectivity index (χ1n) is 10.1. The summed E-state index contributed by atoms with van der Waals surface area (Å²) in [6, 6.07) is 15.2. The number of hydrogen-bond acceptors (Lipinski definition) is 5. The van der Waals surface area contributed by atoms with Gasteiger partial charge in [-0.3, -0.25) is 9.59 Å². The van der Waals surface area contributed by atoms with Crippen molar-refractivity contribution in [2.45, 2.75) is 13.8 Å². The fourth-order valence-electron chi connectivity index (χ4n) is 3.28. The highest BCUT2D eigenvalue weighted by Gasteiger charge is 2.39. The normalized spacial score (nSPS) is 13.5. The van der Waals surface area contributed by atoms with Gasteiger partial charge in [0.2, 0.25) is 0 Å². The monoisotopic (exact) mass is 498 g/mol. The molecule has 0 bridgehead atoms. The molecule has 172 valence electrons. The molecule has 3 aromatic rings. The lowest BCUT2D eigenvalue weighted by Gasteiger charge is -2.15. The molecule has 6 nitrogen and oxygen atoms in total. The Labute approximate surface area is 204 Å². The molecule has 0 saturated carbocycles. The number of benzene rings is 3. The molecule has 0 fully saturated rings. The summed E-state index contributed by atoms with van der Waals surface area (Å²) in [6.45, 7) is 3.74. The molecule has 0 atom stereocenters. The maximum absolute atomic E-state index is 13.5. The van der Waals surface area contributed by atoms with E-state index in [0.29, 0.717) is 17.0 Å². The summed E-state index contributed by atoms with van der Waals surface area (Å²) in [5.74, 6) is -2.25. The maximum Gasteiger partial charge on any atom is 0.343 e. The Morgan fingerprint density at radius 1 is 0.941 bits per heavy atom. The molecule has 0 radical (unpaired) electrons. The van der Waals surface area contributed by atoms with E-state index >= 15 is 0 Å². The van der Waals surface area contributed by atoms with Gasteiger partial charge in [0, 0.05) is 5.69 Å². The fourth-order valence-corrected chi connectivity index (χ4v) is 3.67. The summed E-state index contributed by atoms with van der Waals surface area (Å²) in [4.78, 5) is 38.7. The lowest BCUT2D eigenvalue weighted by molar-refractivity contribution is -0.120. The number of ether oxygens (including phenoxy) is 1. The van der Waals surface area contributed by atoms with Gasteiger partial charge in [-0.1, -0.05) is 35.3 Å². The number of aryl methyl sites for hydroxylation is 2. The van der Waals surface area contributed by atoms with Gasteiger partial charge < -0.3 is 10.1 Å². The van der Waals surface area contributed by atoms with Crippen LogP contribution in [0.2, 0.25) is 5.02 Å². The number of halogens is 3. The van der Waals surface area contributed by atoms with Crippen LogP contribution in [-0.2, 0) is 9.59 Å². The number of carbonyl (C=O) groups excluding carboxylic acids is 3. The Bertz CT molecular complexity index is 1370. The first-order valence-corrected chi connectivity index (χ1v) is 10.8. The highest BCUT2D eigenvalue weighted by Crippen LogP contribution is 2.32. The number of nitrogens with zero attached hydrogens (tertiary/aromatic N) is 1. The van der Waals surface area contributed by atoms with Gasteiger partial charge in [-0.15, -0.1) is 0 Å². The molecule has 1 heterocycles. The van der Waals surface area contributed by atoms with Crippen LogP contribution >= 0.6 is 23.2 Å². The van der Waals surface area contributed by atoms with Crippen LogP contribution in [0.5, 0.6) is 5.75 Å². The predicted molar refractivity (Wildman–Crippen MR) is 128 cm³/mol. The van der Waals surface area contributed by atoms with Gasteiger partial charge in [0.05, 0.1) is 16.3 Å². The van der Waals surface area contributed by atoms with Crippen LogP contribution < -0.4 is 15.0 Å². The van der Waals surface area contributed by atoms with Crippen molar-refractivity contribution in [3.63, 3.8) is 0 Å². The minimum Gasteiger partial charge on any atom is -0.423 e. The van der Waals surface area contributed by atoms with Crippen LogP contribution in [0.15, 0.2) is 71.4 Å². The molecule has 0 spiro atoms. The number of carbonyl (C=O) groups is 3. The molecule has 1 aliphatic rings. The van der Waals surface area contributed by atoms with Gasteiger partial charge in [0.1, 0.15) is 22.3 Å². The molecule has 1 N–H and O–H groups in total. The zero-order valence-corrected chi connectivity index (χ0v) is 19.5. The number of amides is 2. The molecule has 0 saturated heterocycles. The van der Waals surface area contributed by atoms with Crippen LogP contribution in [0.4, 0.5) is 15.8 Å². The molecule has 3 aromatic carbocycles. The Balaban J connectivity index is 1.50. The van der Waals surface area contributed by atoms with Crippen LogP contribution in [0, 0.1) is 19.7 Å². The minimum absolute atomic E-state index is 0.0842. The van der Waals surface area contributed by atoms with E-state index in [1.54, 1.807) is 18.2 Å². The first kappa shape index (κ1) is 23.5. The molecule has 0 unspecified atom stereocenters. The third-order valence-corrected chi connectivity index (χ3v) is 5.77. The van der Waals surface area contributed by atoms with Gasteiger partial charge in [-0.2, -0.15) is 0 Å². The second-order valence-corrected chi connectivity index (χ2v) is 8.38. The summed E-state index contributed by atoms with van der Waals surface area (Å²) < 4.78 is 18.9. The Kier molecular flexibility index (Phi) is 6.41. The smallest absolute Gasteiger partial charge is 0.343 e. The van der Waals surface area contributed by atoms with E-state index in [1.807, 2.05) is 26.0 Å². The number of hydrogen-bond donors (Lipinski definition) is 1. The largest absolute Gasteiger partial charge is 0.423 e. The average molecular weight is 499 g/mol. The zero-order chi connectivity index (χ0) is 24.6. The number of rotatable bonds is 5. The third-order valence-electron chi connectivity index (χ3n) is 5.12. The number of anilines is 2. The molecule has 1 aliphatic heterocycles. The van der Waals surface area contributed by atoms with Crippen molar-refractivity contribution in [2.24, 2.45) is 0 Å². The van der Waals surface area contributed by atoms with Crippen molar-refractivity contribution in [2.75, 3.05) is 10.2 Å². The Morgan fingerprint density at radius 2 is 1.65 bits per heavy atom. The van der Waals surface area contributed by atoms with E-state index < -0.39 is 23.6 Å². The van der Waals surface area contributed by atoms with Crippen molar-refractivity contribution in [3.8, 4) is 5.75 Å². The van der Waals surface area contributed by atoms with Crippen molar-refractivity contribution in [3.05, 3.63) is 98.9 Å². The standard InChI is InChI=1S/C25H17Cl2FN2O4/c1-13-3-4-14(2)20(11-13)34-25(33)15-5-7-16(8-6-15)29-22-21(27)23(31)30(24(22)32)17-9-10-19(28)18(26)12-17/h3-12,29H,1-2H3. The fraction of sp³-hybridized carbons (Fsp3) is 0.0800. The quantitative estimate of drug-likeness (QED) is 0.275. The maximum atomic E-state index is 13.5. The minimum atomic E-state index is -0.773. The van der Waals surface area contributed by atoms with Crippen LogP contribution in [0.3, 0.4) is 0 Å². The van der Waals surface area contributed by atoms with Gasteiger partial charge in [-0.25, -0.2) is 14.1 Å². The van der Waals surface area contributed by atoms with Crippen molar-refractivity contribution in [1.29, 1.82) is 0 Å². The topological polar surface area (TPSA) is 75.7 Å². The molecule has 0 aromatic heterocycles. The van der Waals surface area contributed by atoms with E-state index in [-0.39, 0.29) is 21.4 Å². The van der Waals surface area contributed by atoms with E-state index in [4.69, 9.17) is 27.9 Å². The lowest BCUT2D eigenvalue weighted by atomic mass is 10.1. The van der Waals surface area contributed by atoms with Crippen LogP contribution in [0.1, 0.15) is 21.5 Å². The van der Waals surface area contributed by atoms with E-state index in [2.05, 4.69) is 5.32 Å². The molecule has 2 amide bonds. The summed E-state index contributed by atoms with van der Waals surface area (Å²) in [6.07, 6.45) is 0. The molecule has 4 rings (SSSR count). The summed E-state index contributed by atoms with van der Waals surface area (Å²) >= 11 is 11.9. The summed E-state index contributed by atoms with van der Waals surface area (Å²) in [5, 5.41) is 2.24. The summed E-state index contributed by atoms with van der Waals surface area (Å²) in [7, 11) is 0. The van der Waals surface area contributed by atoms with Crippen molar-refractivity contribution < 1.29 is 23.5 Å². The van der Waals surface area contributed by atoms with Crippen molar-refractivity contribution in [1.82, 2.24) is 0 Å². The Morgan fingerprint density at radius 3 is 2.32 bits per heavy atom. The van der Waals surface area contributed by atoms with Gasteiger partial charge in [0.15, 0.2) is 0 Å². The Hall–Kier alpha value is -3.68. The van der Waals surface area contributed by atoms with E-state index in [9.17, 15) is 18.8 Å². The highest BCUT2D eigenvalue weighted by molar-refractivity contribution is 6.53. The molecular weight excluding hydrogens is 482 g/mol. The number of imide groups is 1. The zero-order valence-electron chi connectivity index (χ0n) is 18.0. The third kappa shape index (κ3) is 4.53. The summed E-state index contributed by atoms with van der Waals surface area (Å²) in [5.41, 5.74) is 2.43. The first-order chi connectivity index (χ1) is 16.2. The van der Waals surface area contributed by atoms with Gasteiger partial charge in [-0.05, 0) is 73.5 Å². The van der Waals surface area contributed by atoms with Gasteiger partial charge >= 0.3 is 5.97 Å². The van der Waals surface area contributed by atoms with Crippen LogP contribution in [-0.4, -0.2) is 17.8 Å². The van der Waals surface area contributed by atoms with E-state index in [0.717, 1.165) is 28.2 Å².